The van der Waals surface area contributed by atoms with Gasteiger partial charge in [-0.1, -0.05) is 97.1 Å². The summed E-state index contributed by atoms with van der Waals surface area (Å²) >= 11 is 0. The average molecular weight is 645 g/mol. The Labute approximate surface area is 274 Å². The van der Waals surface area contributed by atoms with Gasteiger partial charge < -0.3 is 0 Å². The van der Waals surface area contributed by atoms with Crippen LogP contribution in [0.4, 0.5) is 22.7 Å². The third-order valence-corrected chi connectivity index (χ3v) is 6.30. The van der Waals surface area contributed by atoms with Gasteiger partial charge in [-0.05, 0) is 48.6 Å². The molecule has 0 N–H and O–H groups in total. The second-order valence-electron chi connectivity index (χ2n) is 9.47. The van der Waals surface area contributed by atoms with E-state index in [1.165, 1.54) is 24.3 Å². The number of rotatable bonds is 12. The van der Waals surface area contributed by atoms with Gasteiger partial charge >= 0.3 is 0 Å². The molecule has 4 rings (SSSR count). The Bertz CT molecular complexity index is 1680. The average Bonchev–Trinajstić information content (AvgIpc) is 3.08. The Kier molecular flexibility index (Phi) is 13.8. The summed E-state index contributed by atoms with van der Waals surface area (Å²) in [4.78, 5) is 41.8. The van der Waals surface area contributed by atoms with Crippen LogP contribution in [-0.2, 0) is 0 Å². The van der Waals surface area contributed by atoms with Gasteiger partial charge in [0.15, 0.2) is 0 Å². The largest absolute Gasteiger partial charge is 0.276 e. The number of hydrogen-bond donors (Lipinski definition) is 0. The number of nitro groups is 4. The second-order valence-corrected chi connectivity index (χ2v) is 9.47. The lowest BCUT2D eigenvalue weighted by Crippen LogP contribution is -1.90. The normalized spacial score (nSPS) is 11.5. The highest BCUT2D eigenvalue weighted by molar-refractivity contribution is 5.65. The minimum atomic E-state index is -0.433. The van der Waals surface area contributed by atoms with Crippen LogP contribution in [0.25, 0.3) is 24.3 Å². The van der Waals surface area contributed by atoms with E-state index in [0.717, 1.165) is 0 Å². The maximum atomic E-state index is 10.9. The van der Waals surface area contributed by atoms with E-state index < -0.39 is 19.7 Å². The molecule has 0 amide bonds. The first-order valence-corrected chi connectivity index (χ1v) is 14.2. The standard InChI is InChI=1S/2C18H14N2O4/c2*21-19(22)17-13-7-5-11-15(17)9-3-1-2-4-10-16-12-6-8-14-18(16)20(23)24/h2*1-14H/b2*2-1+,9-3+,10-4+. The van der Waals surface area contributed by atoms with E-state index in [1.54, 1.807) is 146 Å². The second kappa shape index (κ2) is 18.7. The maximum absolute atomic E-state index is 10.9. The molecule has 0 heterocycles. The Balaban J connectivity index is 0.000000260. The zero-order chi connectivity index (χ0) is 34.7. The molecule has 0 saturated carbocycles. The topological polar surface area (TPSA) is 173 Å². The molecule has 12 heteroatoms. The summed E-state index contributed by atoms with van der Waals surface area (Å²) in [5, 5.41) is 43.6. The monoisotopic (exact) mass is 644 g/mol. The highest BCUT2D eigenvalue weighted by Crippen LogP contribution is 2.22. The fraction of sp³-hybridized carbons (Fsp3) is 0. The molecule has 4 aromatic rings. The third-order valence-electron chi connectivity index (χ3n) is 6.30. The number of nitro benzene ring substituents is 4. The van der Waals surface area contributed by atoms with Crippen LogP contribution in [0.3, 0.4) is 0 Å². The number of hydrogen-bond acceptors (Lipinski definition) is 8. The fourth-order valence-corrected chi connectivity index (χ4v) is 4.07. The van der Waals surface area contributed by atoms with Crippen molar-refractivity contribution in [2.75, 3.05) is 0 Å². The van der Waals surface area contributed by atoms with Crippen molar-refractivity contribution >= 4 is 47.1 Å². The molecule has 0 aliphatic carbocycles. The quantitative estimate of drug-likeness (QED) is 0.0832. The Morgan fingerprint density at radius 2 is 0.500 bits per heavy atom. The van der Waals surface area contributed by atoms with Crippen LogP contribution >= 0.6 is 0 Å². The predicted molar refractivity (Wildman–Crippen MR) is 187 cm³/mol. The van der Waals surface area contributed by atoms with E-state index >= 15 is 0 Å². The molecule has 4 aromatic carbocycles. The molecule has 0 spiro atoms. The highest BCUT2D eigenvalue weighted by Gasteiger charge is 2.11. The maximum Gasteiger partial charge on any atom is 0.276 e. The first-order valence-electron chi connectivity index (χ1n) is 14.2. The van der Waals surface area contributed by atoms with Gasteiger partial charge in [0.1, 0.15) is 0 Å². The van der Waals surface area contributed by atoms with Gasteiger partial charge in [-0.15, -0.1) is 0 Å². The van der Waals surface area contributed by atoms with Crippen LogP contribution in [0.2, 0.25) is 0 Å². The number of allylic oxidation sites excluding steroid dienone is 8. The lowest BCUT2D eigenvalue weighted by atomic mass is 10.1. The van der Waals surface area contributed by atoms with Gasteiger partial charge in [-0.25, -0.2) is 0 Å². The molecular weight excluding hydrogens is 616 g/mol. The van der Waals surface area contributed by atoms with Crippen molar-refractivity contribution < 1.29 is 19.7 Å². The summed E-state index contributed by atoms with van der Waals surface area (Å²) in [6.45, 7) is 0. The van der Waals surface area contributed by atoms with Gasteiger partial charge in [0.05, 0.1) is 41.9 Å². The van der Waals surface area contributed by atoms with E-state index in [2.05, 4.69) is 0 Å². The van der Waals surface area contributed by atoms with Crippen LogP contribution in [-0.4, -0.2) is 19.7 Å². The lowest BCUT2D eigenvalue weighted by molar-refractivity contribution is -0.385. The van der Waals surface area contributed by atoms with Crippen LogP contribution in [0.5, 0.6) is 0 Å². The summed E-state index contributed by atoms with van der Waals surface area (Å²) in [5.74, 6) is 0. The first kappa shape index (κ1) is 35.4. The molecule has 0 aromatic heterocycles. The van der Waals surface area contributed by atoms with E-state index in [-0.39, 0.29) is 22.7 Å². The van der Waals surface area contributed by atoms with Gasteiger partial charge in [-0.3, -0.25) is 40.5 Å². The lowest BCUT2D eigenvalue weighted by Gasteiger charge is -1.95. The number of nitrogens with zero attached hydrogens (tertiary/aromatic N) is 4. The van der Waals surface area contributed by atoms with Gasteiger partial charge in [0.25, 0.3) is 22.7 Å². The van der Waals surface area contributed by atoms with Gasteiger partial charge in [0.2, 0.25) is 0 Å². The van der Waals surface area contributed by atoms with Crippen molar-refractivity contribution in [2.24, 2.45) is 0 Å². The van der Waals surface area contributed by atoms with Crippen molar-refractivity contribution in [3.8, 4) is 0 Å². The zero-order valence-corrected chi connectivity index (χ0v) is 25.2. The summed E-state index contributed by atoms with van der Waals surface area (Å²) in [6, 6.07) is 25.8. The van der Waals surface area contributed by atoms with Crippen LogP contribution < -0.4 is 0 Å². The minimum absolute atomic E-state index is 0.0394. The molecule has 0 radical (unpaired) electrons. The van der Waals surface area contributed by atoms with Crippen molar-refractivity contribution in [2.45, 2.75) is 0 Å². The molecule has 0 bridgehead atoms. The van der Waals surface area contributed by atoms with Crippen LogP contribution in [0.15, 0.2) is 146 Å². The SMILES string of the molecule is O=[N+]([O-])c1ccccc1/C=C/C=C/C=C/c1ccccc1[N+](=O)[O-].O=[N+]([O-])c1ccccc1/C=C/C=C/C=C/c1ccccc1[N+](=O)[O-]. The Morgan fingerprint density at radius 1 is 0.312 bits per heavy atom. The van der Waals surface area contributed by atoms with Crippen molar-refractivity contribution in [1.29, 1.82) is 0 Å². The van der Waals surface area contributed by atoms with Crippen LogP contribution in [0, 0.1) is 40.5 Å². The van der Waals surface area contributed by atoms with Crippen LogP contribution in [0.1, 0.15) is 22.3 Å². The molecule has 48 heavy (non-hydrogen) atoms. The predicted octanol–water partition coefficient (Wildman–Crippen LogP) is 9.57. The van der Waals surface area contributed by atoms with Gasteiger partial charge in [-0.2, -0.15) is 0 Å². The van der Waals surface area contributed by atoms with E-state index in [4.69, 9.17) is 0 Å². The molecule has 0 aliphatic rings. The third kappa shape index (κ3) is 11.1. The summed E-state index contributed by atoms with van der Waals surface area (Å²) in [6.07, 6.45) is 20.0. The summed E-state index contributed by atoms with van der Waals surface area (Å²) in [7, 11) is 0. The Hall–Kier alpha value is -7.08. The van der Waals surface area contributed by atoms with Crippen molar-refractivity contribution in [1.82, 2.24) is 0 Å². The summed E-state index contributed by atoms with van der Waals surface area (Å²) < 4.78 is 0. The smallest absolute Gasteiger partial charge is 0.258 e. The first-order chi connectivity index (χ1) is 23.2. The molecule has 0 unspecified atom stereocenters. The van der Waals surface area contributed by atoms with E-state index in [1.807, 2.05) is 0 Å². The highest BCUT2D eigenvalue weighted by atomic mass is 16.6. The Morgan fingerprint density at radius 3 is 0.688 bits per heavy atom. The van der Waals surface area contributed by atoms with Gasteiger partial charge in [0, 0.05) is 24.3 Å². The van der Waals surface area contributed by atoms with Crippen molar-refractivity contribution in [3.63, 3.8) is 0 Å². The molecule has 12 nitrogen and oxygen atoms in total. The fourth-order valence-electron chi connectivity index (χ4n) is 4.07. The number of para-hydroxylation sites is 4. The summed E-state index contributed by atoms with van der Waals surface area (Å²) in [5.41, 5.74) is 2.19. The van der Waals surface area contributed by atoms with E-state index in [0.29, 0.717) is 22.3 Å². The molecule has 0 saturated heterocycles. The molecule has 240 valence electrons. The number of benzene rings is 4. The van der Waals surface area contributed by atoms with Crippen molar-refractivity contribution in [3.05, 3.63) is 208 Å². The molecule has 0 fully saturated rings. The molecular formula is C36H28N4O8. The van der Waals surface area contributed by atoms with E-state index in [9.17, 15) is 40.5 Å². The minimum Gasteiger partial charge on any atom is -0.258 e. The zero-order valence-electron chi connectivity index (χ0n) is 25.2. The molecule has 0 aliphatic heterocycles. The molecule has 0 atom stereocenters.